The van der Waals surface area contributed by atoms with E-state index in [9.17, 15) is 4.79 Å². The normalized spacial score (nSPS) is 10.6. The number of nitrogen functional groups attached to an aromatic ring is 1. The van der Waals surface area contributed by atoms with E-state index in [1.807, 2.05) is 67.6 Å². The summed E-state index contributed by atoms with van der Waals surface area (Å²) in [6.07, 6.45) is 1.30. The van der Waals surface area contributed by atoms with Gasteiger partial charge in [-0.1, -0.05) is 72.3 Å². The Morgan fingerprint density at radius 3 is 2.21 bits per heavy atom. The van der Waals surface area contributed by atoms with Crippen molar-refractivity contribution < 1.29 is 9.53 Å². The molecule has 8 heteroatoms. The lowest BCUT2D eigenvalue weighted by Crippen LogP contribution is -2.35. The molecule has 7 nitrogen and oxygen atoms in total. The zero-order chi connectivity index (χ0) is 23.2. The van der Waals surface area contributed by atoms with Gasteiger partial charge < -0.3 is 10.5 Å². The van der Waals surface area contributed by atoms with Gasteiger partial charge in [-0.15, -0.1) is 0 Å². The van der Waals surface area contributed by atoms with Crippen LogP contribution in [0.4, 0.5) is 11.5 Å². The molecule has 1 amide bonds. The molecule has 1 heterocycles. The van der Waals surface area contributed by atoms with Gasteiger partial charge in [0.15, 0.2) is 5.82 Å². The Morgan fingerprint density at radius 2 is 1.61 bits per heavy atom. The largest absolute Gasteiger partial charge is 0.437 e. The number of aryl methyl sites for hydroxylation is 1. The summed E-state index contributed by atoms with van der Waals surface area (Å²) >= 11 is 6.07. The Morgan fingerprint density at radius 1 is 0.970 bits per heavy atom. The van der Waals surface area contributed by atoms with Crippen LogP contribution in [0.1, 0.15) is 22.6 Å². The van der Waals surface area contributed by atoms with Crippen molar-refractivity contribution in [3.05, 3.63) is 107 Å². The van der Waals surface area contributed by atoms with Gasteiger partial charge in [-0.05, 0) is 41.8 Å². The number of hydrogen-bond acceptors (Lipinski definition) is 6. The van der Waals surface area contributed by atoms with Crippen LogP contribution in [-0.2, 0) is 4.79 Å². The summed E-state index contributed by atoms with van der Waals surface area (Å²) < 4.78 is 5.79. The second kappa shape index (κ2) is 10.0. The monoisotopic (exact) mass is 459 g/mol. The lowest BCUT2D eigenvalue weighted by molar-refractivity contribution is -0.121. The van der Waals surface area contributed by atoms with Crippen LogP contribution in [0.3, 0.4) is 0 Å². The van der Waals surface area contributed by atoms with Gasteiger partial charge in [0.2, 0.25) is 11.8 Å². The van der Waals surface area contributed by atoms with Crippen LogP contribution >= 0.6 is 11.6 Å². The Kier molecular flexibility index (Phi) is 6.71. The molecule has 0 bridgehead atoms. The second-order valence-corrected chi connectivity index (χ2v) is 7.73. The summed E-state index contributed by atoms with van der Waals surface area (Å²) in [7, 11) is 0. The fourth-order valence-corrected chi connectivity index (χ4v) is 3.45. The van der Waals surface area contributed by atoms with E-state index < -0.39 is 5.92 Å². The zero-order valence-corrected chi connectivity index (χ0v) is 18.6. The highest BCUT2D eigenvalue weighted by Gasteiger charge is 2.23. The average molecular weight is 460 g/mol. The molecule has 3 aromatic carbocycles. The summed E-state index contributed by atoms with van der Waals surface area (Å²) in [6.45, 7) is 1.87. The molecule has 0 aliphatic heterocycles. The first kappa shape index (κ1) is 22.1. The Balaban J connectivity index is 1.52. The van der Waals surface area contributed by atoms with Crippen LogP contribution in [0.2, 0.25) is 5.02 Å². The number of carbonyl (C=O) groups is 1. The van der Waals surface area contributed by atoms with Gasteiger partial charge in [0.1, 0.15) is 17.8 Å². The maximum Gasteiger partial charge on any atom is 0.250 e. The maximum absolute atomic E-state index is 13.2. The summed E-state index contributed by atoms with van der Waals surface area (Å²) in [5.74, 6) is 0.132. The fourth-order valence-electron chi connectivity index (χ4n) is 3.33. The molecule has 4 rings (SSSR count). The topological polar surface area (TPSA) is 102 Å². The number of ether oxygens (including phenoxy) is 1. The van der Waals surface area contributed by atoms with Crippen LogP contribution in [0.5, 0.6) is 11.6 Å². The maximum atomic E-state index is 13.2. The number of carbonyl (C=O) groups excluding carboxylic acids is 1. The summed E-state index contributed by atoms with van der Waals surface area (Å²) in [5.41, 5.74) is 14.4. The molecule has 0 saturated heterocycles. The number of nitrogens with two attached hydrogens (primary N) is 1. The molecule has 0 radical (unpaired) electrons. The first-order chi connectivity index (χ1) is 16.0. The minimum Gasteiger partial charge on any atom is -0.437 e. The van der Waals surface area contributed by atoms with E-state index in [1.165, 1.54) is 6.33 Å². The van der Waals surface area contributed by atoms with Gasteiger partial charge in [0.25, 0.3) is 0 Å². The molecule has 4 N–H and O–H groups in total. The minimum atomic E-state index is -0.518. The number of amides is 1. The highest BCUT2D eigenvalue weighted by Crippen LogP contribution is 2.31. The Hall–Kier alpha value is -4.10. The van der Waals surface area contributed by atoms with Gasteiger partial charge >= 0.3 is 0 Å². The SMILES string of the molecule is Cc1cc(Oc2ncnc(NNC(=O)C(c3ccccc3)c3ccccc3)c2N)ccc1Cl. The summed E-state index contributed by atoms with van der Waals surface area (Å²) in [6, 6.07) is 24.3. The third-order valence-corrected chi connectivity index (χ3v) is 5.45. The van der Waals surface area contributed by atoms with Crippen molar-refractivity contribution in [2.24, 2.45) is 0 Å². The van der Waals surface area contributed by atoms with Crippen LogP contribution in [-0.4, -0.2) is 15.9 Å². The van der Waals surface area contributed by atoms with Crippen molar-refractivity contribution in [1.82, 2.24) is 15.4 Å². The molecule has 166 valence electrons. The number of hydrazine groups is 1. The van der Waals surface area contributed by atoms with Crippen molar-refractivity contribution in [3.8, 4) is 11.6 Å². The van der Waals surface area contributed by atoms with E-state index >= 15 is 0 Å². The van der Waals surface area contributed by atoms with Gasteiger partial charge in [0.05, 0.1) is 5.92 Å². The molecular weight excluding hydrogens is 438 g/mol. The van der Waals surface area contributed by atoms with Crippen LogP contribution in [0.25, 0.3) is 0 Å². The van der Waals surface area contributed by atoms with Crippen LogP contribution in [0, 0.1) is 6.92 Å². The van der Waals surface area contributed by atoms with Crippen molar-refractivity contribution in [2.45, 2.75) is 12.8 Å². The van der Waals surface area contributed by atoms with E-state index in [1.54, 1.807) is 18.2 Å². The number of halogens is 1. The van der Waals surface area contributed by atoms with Crippen LogP contribution < -0.4 is 21.3 Å². The summed E-state index contributed by atoms with van der Waals surface area (Å²) in [5, 5.41) is 0.634. The molecule has 0 fully saturated rings. The number of anilines is 2. The second-order valence-electron chi connectivity index (χ2n) is 7.32. The van der Waals surface area contributed by atoms with Crippen LogP contribution in [0.15, 0.2) is 85.2 Å². The fraction of sp³-hybridized carbons (Fsp3) is 0.0800. The number of benzene rings is 3. The third-order valence-electron chi connectivity index (χ3n) is 5.02. The lowest BCUT2D eigenvalue weighted by atomic mass is 9.91. The molecule has 0 unspecified atom stereocenters. The van der Waals surface area contributed by atoms with Crippen molar-refractivity contribution in [2.75, 3.05) is 11.2 Å². The summed E-state index contributed by atoms with van der Waals surface area (Å²) in [4.78, 5) is 21.4. The minimum absolute atomic E-state index is 0.154. The smallest absolute Gasteiger partial charge is 0.250 e. The van der Waals surface area contributed by atoms with Crippen molar-refractivity contribution in [3.63, 3.8) is 0 Å². The third kappa shape index (κ3) is 5.22. The quantitative estimate of drug-likeness (QED) is 0.333. The van der Waals surface area contributed by atoms with E-state index in [2.05, 4.69) is 20.8 Å². The molecule has 0 spiro atoms. The molecule has 1 aromatic heterocycles. The highest BCUT2D eigenvalue weighted by molar-refractivity contribution is 6.31. The van der Waals surface area contributed by atoms with E-state index in [0.717, 1.165) is 16.7 Å². The number of nitrogens with one attached hydrogen (secondary N) is 2. The van der Waals surface area contributed by atoms with Gasteiger partial charge in [-0.25, -0.2) is 4.98 Å². The van der Waals surface area contributed by atoms with Crippen molar-refractivity contribution in [1.29, 1.82) is 0 Å². The zero-order valence-electron chi connectivity index (χ0n) is 17.8. The Labute approximate surface area is 196 Å². The lowest BCUT2D eigenvalue weighted by Gasteiger charge is -2.19. The number of aromatic nitrogens is 2. The Bertz CT molecular complexity index is 1210. The molecule has 0 aliphatic carbocycles. The standard InChI is InChI=1S/C25H22ClN5O2/c1-16-14-19(12-13-20(16)26)33-25-22(27)23(28-15-29-25)30-31-24(32)21(17-8-4-2-5-9-17)18-10-6-3-7-11-18/h2-15,21H,27H2,1H3,(H,31,32)(H,28,29,30). The number of rotatable bonds is 7. The molecule has 4 aromatic rings. The van der Waals surface area contributed by atoms with E-state index in [-0.39, 0.29) is 23.3 Å². The molecule has 33 heavy (non-hydrogen) atoms. The average Bonchev–Trinajstić information content (AvgIpc) is 2.83. The predicted molar refractivity (Wildman–Crippen MR) is 129 cm³/mol. The first-order valence-corrected chi connectivity index (χ1v) is 10.6. The van der Waals surface area contributed by atoms with Crippen molar-refractivity contribution >= 4 is 29.0 Å². The first-order valence-electron chi connectivity index (χ1n) is 10.2. The molecule has 0 atom stereocenters. The van der Waals surface area contributed by atoms with Gasteiger partial charge in [0, 0.05) is 5.02 Å². The molecule has 0 saturated carbocycles. The highest BCUT2D eigenvalue weighted by atomic mass is 35.5. The molecule has 0 aliphatic rings. The van der Waals surface area contributed by atoms with E-state index in [4.69, 9.17) is 22.1 Å². The van der Waals surface area contributed by atoms with Gasteiger partial charge in [-0.2, -0.15) is 4.98 Å². The predicted octanol–water partition coefficient (Wildman–Crippen LogP) is 5.09. The van der Waals surface area contributed by atoms with Gasteiger partial charge in [-0.3, -0.25) is 15.6 Å². The number of hydrogen-bond donors (Lipinski definition) is 3. The molecular formula is C25H22ClN5O2. The number of nitrogens with zero attached hydrogens (tertiary/aromatic N) is 2. The van der Waals surface area contributed by atoms with E-state index in [0.29, 0.717) is 10.8 Å².